The Bertz CT molecular complexity index is 1650. The van der Waals surface area contributed by atoms with Crippen LogP contribution in [0.1, 0.15) is 24.6 Å². The predicted molar refractivity (Wildman–Crippen MR) is 137 cm³/mol. The zero-order valence-electron chi connectivity index (χ0n) is 21.2. The van der Waals surface area contributed by atoms with Gasteiger partial charge in [-0.1, -0.05) is 35.3 Å². The standard InChI is InChI=1S/C24H19Cl2F6N7O3/c1-12(33-21(41)24(30,31)32)19-34-18(35-39(19)16-5-3-2-4-15(16)26)11-38-22(42)37(10-17(40)23(27,28)29)20(36-38)13-6-8-14(25)9-7-13/h2-9,12,17,40H,10-11H2,1H3,(H,33,41)/t12?,17-/m0/s1. The van der Waals surface area contributed by atoms with Crippen molar-refractivity contribution >= 4 is 29.1 Å². The molecule has 2 N–H and O–H groups in total. The molecular formula is C24H19Cl2F6N7O3. The Morgan fingerprint density at radius 2 is 1.67 bits per heavy atom. The number of aliphatic hydroxyl groups excluding tert-OH is 1. The van der Waals surface area contributed by atoms with Gasteiger partial charge in [-0.25, -0.2) is 19.1 Å². The van der Waals surface area contributed by atoms with Crippen molar-refractivity contribution in [2.75, 3.05) is 0 Å². The van der Waals surface area contributed by atoms with E-state index >= 15 is 0 Å². The van der Waals surface area contributed by atoms with Crippen molar-refractivity contribution in [2.45, 2.75) is 44.5 Å². The molecule has 10 nitrogen and oxygen atoms in total. The number of benzene rings is 2. The van der Waals surface area contributed by atoms with E-state index in [9.17, 15) is 41.0 Å². The molecule has 1 amide bonds. The largest absolute Gasteiger partial charge is 0.471 e. The Morgan fingerprint density at radius 1 is 1.02 bits per heavy atom. The number of para-hydroxylation sites is 1. The first-order valence-electron chi connectivity index (χ1n) is 11.8. The van der Waals surface area contributed by atoms with E-state index in [1.165, 1.54) is 43.3 Å². The van der Waals surface area contributed by atoms with Crippen molar-refractivity contribution in [1.82, 2.24) is 34.4 Å². The van der Waals surface area contributed by atoms with Crippen molar-refractivity contribution < 1.29 is 36.2 Å². The number of carbonyl (C=O) groups excluding carboxylic acids is 1. The number of hydrogen-bond donors (Lipinski definition) is 2. The maximum atomic E-state index is 13.2. The van der Waals surface area contributed by atoms with Crippen LogP contribution in [0.3, 0.4) is 0 Å². The molecule has 2 aromatic heterocycles. The maximum Gasteiger partial charge on any atom is 0.471 e. The zero-order chi connectivity index (χ0) is 31.0. The molecule has 0 fully saturated rings. The van der Waals surface area contributed by atoms with E-state index in [1.54, 1.807) is 17.4 Å². The van der Waals surface area contributed by atoms with Crippen molar-refractivity contribution in [2.24, 2.45) is 0 Å². The summed E-state index contributed by atoms with van der Waals surface area (Å²) in [7, 11) is 0. The average Bonchev–Trinajstić information content (AvgIpc) is 3.45. The molecule has 0 bridgehead atoms. The van der Waals surface area contributed by atoms with Gasteiger partial charge in [0, 0.05) is 10.6 Å². The second kappa shape index (κ2) is 11.8. The van der Waals surface area contributed by atoms with Gasteiger partial charge >= 0.3 is 23.9 Å². The summed E-state index contributed by atoms with van der Waals surface area (Å²) in [6.45, 7) is -0.532. The van der Waals surface area contributed by atoms with E-state index in [-0.39, 0.29) is 33.7 Å². The quantitative estimate of drug-likeness (QED) is 0.278. The van der Waals surface area contributed by atoms with Crippen LogP contribution < -0.4 is 11.0 Å². The summed E-state index contributed by atoms with van der Waals surface area (Å²) in [6, 6.07) is 10.4. The Kier molecular flexibility index (Phi) is 8.71. The summed E-state index contributed by atoms with van der Waals surface area (Å²) in [6.07, 6.45) is -13.1. The van der Waals surface area contributed by atoms with Gasteiger partial charge in [-0.05, 0) is 43.3 Å². The summed E-state index contributed by atoms with van der Waals surface area (Å²) >= 11 is 12.1. The van der Waals surface area contributed by atoms with Gasteiger partial charge in [0.1, 0.15) is 6.54 Å². The Balaban J connectivity index is 1.78. The fourth-order valence-electron chi connectivity index (χ4n) is 3.79. The minimum Gasteiger partial charge on any atom is -0.382 e. The van der Waals surface area contributed by atoms with Gasteiger partial charge in [-0.15, -0.1) is 10.2 Å². The van der Waals surface area contributed by atoms with E-state index < -0.39 is 49.2 Å². The lowest BCUT2D eigenvalue weighted by Gasteiger charge is -2.16. The van der Waals surface area contributed by atoms with Crippen LogP contribution in [-0.2, 0) is 17.9 Å². The first kappa shape index (κ1) is 31.1. The molecule has 0 aliphatic carbocycles. The predicted octanol–water partition coefficient (Wildman–Crippen LogP) is 4.31. The average molecular weight is 638 g/mol. The number of halogens is 8. The van der Waals surface area contributed by atoms with Gasteiger partial charge in [0.05, 0.1) is 23.3 Å². The fraction of sp³-hybridized carbons (Fsp3) is 0.292. The summed E-state index contributed by atoms with van der Waals surface area (Å²) in [5.74, 6) is -2.88. The number of amides is 1. The summed E-state index contributed by atoms with van der Waals surface area (Å²) < 4.78 is 80.5. The third kappa shape index (κ3) is 6.77. The number of aromatic nitrogens is 6. The molecule has 4 rings (SSSR count). The summed E-state index contributed by atoms with van der Waals surface area (Å²) in [5, 5.41) is 20.2. The monoisotopic (exact) mass is 637 g/mol. The van der Waals surface area contributed by atoms with E-state index in [0.29, 0.717) is 9.59 Å². The SMILES string of the molecule is CC(NC(=O)C(F)(F)F)c1nc(Cn2nc(-c3ccc(Cl)cc3)n(C[C@H](O)C(F)(F)F)c2=O)nn1-c1ccccc1Cl. The van der Waals surface area contributed by atoms with Gasteiger partial charge in [0.2, 0.25) is 0 Å². The topological polar surface area (TPSA) is 120 Å². The molecule has 42 heavy (non-hydrogen) atoms. The second-order valence-corrected chi connectivity index (χ2v) is 9.72. The normalized spacial score (nSPS) is 13.7. The minimum atomic E-state index is -5.19. The number of nitrogens with one attached hydrogen (secondary N) is 1. The van der Waals surface area contributed by atoms with Crippen LogP contribution in [0.2, 0.25) is 10.0 Å². The third-order valence-electron chi connectivity index (χ3n) is 5.80. The highest BCUT2D eigenvalue weighted by Gasteiger charge is 2.41. The van der Waals surface area contributed by atoms with E-state index in [2.05, 4.69) is 15.2 Å². The molecule has 18 heteroatoms. The molecule has 0 aliphatic heterocycles. The van der Waals surface area contributed by atoms with Gasteiger partial charge in [0.15, 0.2) is 23.6 Å². The van der Waals surface area contributed by atoms with Crippen LogP contribution in [0.15, 0.2) is 53.3 Å². The molecule has 0 saturated carbocycles. The molecule has 224 valence electrons. The molecule has 2 heterocycles. The lowest BCUT2D eigenvalue weighted by Crippen LogP contribution is -2.39. The van der Waals surface area contributed by atoms with Crippen molar-refractivity contribution in [3.63, 3.8) is 0 Å². The molecule has 4 aromatic rings. The molecule has 0 radical (unpaired) electrons. The second-order valence-electron chi connectivity index (χ2n) is 8.88. The van der Waals surface area contributed by atoms with E-state index in [0.717, 1.165) is 9.36 Å². The van der Waals surface area contributed by atoms with Crippen LogP contribution in [-0.4, -0.2) is 58.6 Å². The van der Waals surface area contributed by atoms with Crippen LogP contribution in [0.5, 0.6) is 0 Å². The lowest BCUT2D eigenvalue weighted by molar-refractivity contribution is -0.207. The minimum absolute atomic E-state index is 0.122. The Hall–Kier alpha value is -3.89. The molecule has 0 spiro atoms. The molecular weight excluding hydrogens is 619 g/mol. The summed E-state index contributed by atoms with van der Waals surface area (Å²) in [4.78, 5) is 28.9. The zero-order valence-corrected chi connectivity index (χ0v) is 22.7. The maximum absolute atomic E-state index is 13.2. The lowest BCUT2D eigenvalue weighted by atomic mass is 10.2. The number of carbonyl (C=O) groups is 1. The van der Waals surface area contributed by atoms with Gasteiger partial charge in [0.25, 0.3) is 0 Å². The van der Waals surface area contributed by atoms with Crippen LogP contribution in [0.25, 0.3) is 17.1 Å². The number of rotatable bonds is 8. The van der Waals surface area contributed by atoms with Crippen LogP contribution >= 0.6 is 23.2 Å². The number of alkyl halides is 6. The van der Waals surface area contributed by atoms with Gasteiger partial charge < -0.3 is 10.4 Å². The smallest absolute Gasteiger partial charge is 0.382 e. The van der Waals surface area contributed by atoms with E-state index in [4.69, 9.17) is 23.2 Å². The molecule has 2 atom stereocenters. The van der Waals surface area contributed by atoms with Gasteiger partial charge in [-0.2, -0.15) is 26.3 Å². The first-order valence-corrected chi connectivity index (χ1v) is 12.6. The summed E-state index contributed by atoms with van der Waals surface area (Å²) in [5.41, 5.74) is -0.699. The number of aliphatic hydroxyl groups is 1. The van der Waals surface area contributed by atoms with Crippen LogP contribution in [0, 0.1) is 0 Å². The van der Waals surface area contributed by atoms with Crippen molar-refractivity contribution in [1.29, 1.82) is 0 Å². The number of nitrogens with zero attached hydrogens (tertiary/aromatic N) is 6. The Morgan fingerprint density at radius 3 is 2.26 bits per heavy atom. The Labute approximate surface area is 242 Å². The fourth-order valence-corrected chi connectivity index (χ4v) is 4.13. The molecule has 2 aromatic carbocycles. The number of hydrogen-bond acceptors (Lipinski definition) is 6. The van der Waals surface area contributed by atoms with Gasteiger partial charge in [-0.3, -0.25) is 9.36 Å². The highest BCUT2D eigenvalue weighted by atomic mass is 35.5. The van der Waals surface area contributed by atoms with Crippen molar-refractivity contribution in [3.8, 4) is 17.1 Å². The highest BCUT2D eigenvalue weighted by Crippen LogP contribution is 2.26. The molecule has 0 saturated heterocycles. The third-order valence-corrected chi connectivity index (χ3v) is 6.37. The molecule has 1 unspecified atom stereocenters. The first-order chi connectivity index (χ1) is 19.6. The van der Waals surface area contributed by atoms with Crippen molar-refractivity contribution in [3.05, 3.63) is 80.7 Å². The highest BCUT2D eigenvalue weighted by molar-refractivity contribution is 6.32. The van der Waals surface area contributed by atoms with E-state index in [1.807, 2.05) is 0 Å². The van der Waals surface area contributed by atoms with Crippen LogP contribution in [0.4, 0.5) is 26.3 Å². The molecule has 0 aliphatic rings.